The first-order valence-corrected chi connectivity index (χ1v) is 33.0. The third-order valence-electron chi connectivity index (χ3n) is 18.4. The fraction of sp³-hybridized carbons (Fsp3) is 0.0333. The molecule has 0 bridgehead atoms. The van der Waals surface area contributed by atoms with Gasteiger partial charge in [-0.25, -0.2) is 14.4 Å². The van der Waals surface area contributed by atoms with Crippen molar-refractivity contribution >= 4 is 101 Å². The number of nitrogens with zero attached hydrogens (tertiary/aromatic N) is 3. The van der Waals surface area contributed by atoms with Gasteiger partial charge in [-0.05, 0) is 203 Å². The molecule has 99 heavy (non-hydrogen) atoms. The van der Waals surface area contributed by atoms with Gasteiger partial charge in [-0.3, -0.25) is 0 Å². The predicted molar refractivity (Wildman–Crippen MR) is 400 cm³/mol. The fourth-order valence-electron chi connectivity index (χ4n) is 13.5. The first-order valence-electron chi connectivity index (χ1n) is 33.0. The van der Waals surface area contributed by atoms with Gasteiger partial charge in [0.05, 0.1) is 33.8 Å². The van der Waals surface area contributed by atoms with Crippen LogP contribution in [0.3, 0.4) is 0 Å². The number of esters is 3. The third-order valence-corrected chi connectivity index (χ3v) is 18.4. The number of ether oxygens (including phenoxy) is 3. The van der Waals surface area contributed by atoms with Crippen molar-refractivity contribution in [3.05, 3.63) is 397 Å². The molecule has 0 N–H and O–H groups in total. The Kier molecular flexibility index (Phi) is 17.3. The van der Waals surface area contributed by atoms with Crippen molar-refractivity contribution in [2.24, 2.45) is 0 Å². The second kappa shape index (κ2) is 27.7. The maximum atomic E-state index is 14.1. The average molecular weight is 1280 g/mol. The van der Waals surface area contributed by atoms with Crippen LogP contribution in [0.1, 0.15) is 61.1 Å². The summed E-state index contributed by atoms with van der Waals surface area (Å²) in [6.45, 7) is 2.12. The molecule has 0 atom stereocenters. The molecule has 0 aromatic heterocycles. The van der Waals surface area contributed by atoms with E-state index in [9.17, 15) is 14.4 Å². The maximum Gasteiger partial charge on any atom is 0.343 e. The summed E-state index contributed by atoms with van der Waals surface area (Å²) >= 11 is 0. The van der Waals surface area contributed by atoms with Crippen LogP contribution in [0.15, 0.2) is 364 Å². The van der Waals surface area contributed by atoms with Gasteiger partial charge in [-0.15, -0.1) is 0 Å². The van der Waals surface area contributed by atoms with Crippen LogP contribution < -0.4 is 28.9 Å². The van der Waals surface area contributed by atoms with E-state index in [0.29, 0.717) is 40.4 Å². The predicted octanol–water partition coefficient (Wildman–Crippen LogP) is 23.0. The molecular weight excluding hydrogens is 1220 g/mol. The summed E-state index contributed by atoms with van der Waals surface area (Å²) in [5.74, 6) is -0.396. The Morgan fingerprint density at radius 3 is 0.747 bits per heavy atom. The lowest BCUT2D eigenvalue weighted by atomic mass is 9.67. The number of anilines is 9. The Hall–Kier alpha value is -13.1. The van der Waals surface area contributed by atoms with E-state index < -0.39 is 23.3 Å². The van der Waals surface area contributed by atoms with E-state index in [-0.39, 0.29) is 0 Å². The van der Waals surface area contributed by atoms with Gasteiger partial charge in [0.25, 0.3) is 0 Å². The summed E-state index contributed by atoms with van der Waals surface area (Å²) in [6.07, 6.45) is 0.575. The number of hydrogen-bond donors (Lipinski definition) is 0. The summed E-state index contributed by atoms with van der Waals surface area (Å²) in [7, 11) is 0. The molecule has 15 aromatic carbocycles. The number of carbonyl (C=O) groups excluding carboxylic acids is 3. The van der Waals surface area contributed by atoms with Crippen LogP contribution in [-0.2, 0) is 5.41 Å². The van der Waals surface area contributed by atoms with E-state index in [0.717, 1.165) is 100 Å². The highest BCUT2D eigenvalue weighted by molar-refractivity contribution is 6.02. The molecule has 15 rings (SSSR count). The van der Waals surface area contributed by atoms with Crippen LogP contribution in [-0.4, -0.2) is 17.9 Å². The highest BCUT2D eigenvalue weighted by Crippen LogP contribution is 2.46. The summed E-state index contributed by atoms with van der Waals surface area (Å²) in [6, 6.07) is 119. The van der Waals surface area contributed by atoms with Crippen molar-refractivity contribution in [3.8, 4) is 17.2 Å². The molecule has 9 nitrogen and oxygen atoms in total. The molecule has 0 aliphatic heterocycles. The topological polar surface area (TPSA) is 88.6 Å². The smallest absolute Gasteiger partial charge is 0.343 e. The van der Waals surface area contributed by atoms with E-state index >= 15 is 0 Å². The monoisotopic (exact) mass is 1280 g/mol. The van der Waals surface area contributed by atoms with Crippen LogP contribution >= 0.6 is 0 Å². The summed E-state index contributed by atoms with van der Waals surface area (Å²) < 4.78 is 18.3. The SMILES string of the molecule is CCC(c1ccc(OC(=O)c2ccc(N(c3ccccc3)c3cccc4ccccc34)cc2)cc1)(c1ccc(OC(=O)c2ccc(N(c3ccccc3)c3cccc4ccccc34)cc2)cc1)c1ccc(OC(=O)c2ccc(N(c3ccccc3)c3cccc4ccccc34)cc2)cc1. The Morgan fingerprint density at radius 2 is 0.485 bits per heavy atom. The fourth-order valence-corrected chi connectivity index (χ4v) is 13.5. The van der Waals surface area contributed by atoms with Crippen molar-refractivity contribution < 1.29 is 28.6 Å². The molecule has 9 heteroatoms. The first kappa shape index (κ1) is 62.0. The Labute approximate surface area is 574 Å². The quantitative estimate of drug-likeness (QED) is 0.0446. The number of carbonyl (C=O) groups is 3. The minimum atomic E-state index is -0.812. The highest BCUT2D eigenvalue weighted by atomic mass is 16.5. The lowest BCUT2D eigenvalue weighted by Gasteiger charge is -2.35. The highest BCUT2D eigenvalue weighted by Gasteiger charge is 2.35. The van der Waals surface area contributed by atoms with Crippen molar-refractivity contribution in [2.45, 2.75) is 18.8 Å². The van der Waals surface area contributed by atoms with Crippen molar-refractivity contribution in [1.29, 1.82) is 0 Å². The largest absolute Gasteiger partial charge is 0.423 e. The van der Waals surface area contributed by atoms with Crippen molar-refractivity contribution in [1.82, 2.24) is 0 Å². The van der Waals surface area contributed by atoms with Crippen LogP contribution in [0.2, 0.25) is 0 Å². The lowest BCUT2D eigenvalue weighted by Crippen LogP contribution is -2.28. The molecule has 0 saturated carbocycles. The molecule has 0 unspecified atom stereocenters. The van der Waals surface area contributed by atoms with Gasteiger partial charge in [-0.2, -0.15) is 0 Å². The standard InChI is InChI=1S/C90H65N3O6/c1-2-90(69-45-57-78(58-46-69)97-87(94)66-39-51-75(52-40-66)91(72-27-6-3-7-28-72)84-36-18-24-63-21-12-15-33-81(63)84,70-47-59-79(60-48-70)98-88(95)67-41-53-76(54-42-67)92(73-29-8-4-9-30-73)85-37-19-25-64-22-13-16-34-82(64)85)71-49-61-80(62-50-71)99-89(96)68-43-55-77(56-44-68)93(74-31-10-5-11-32-74)86-38-20-26-65-23-14-17-35-83(65)86/h3-62H,2H2,1H3. The van der Waals surface area contributed by atoms with Gasteiger partial charge in [0.15, 0.2) is 0 Å². The Balaban J connectivity index is 0.701. The molecule has 15 aromatic rings. The third kappa shape index (κ3) is 12.6. The molecule has 0 aliphatic carbocycles. The number of fused-ring (bicyclic) bond motifs is 3. The average Bonchev–Trinajstić information content (AvgIpc) is 0.795. The molecule has 0 aliphatic rings. The number of rotatable bonds is 19. The van der Waals surface area contributed by atoms with Gasteiger partial charge in [0.1, 0.15) is 17.2 Å². The molecule has 0 spiro atoms. The van der Waals surface area contributed by atoms with Crippen LogP contribution in [0.4, 0.5) is 51.2 Å². The van der Waals surface area contributed by atoms with E-state index in [1.165, 1.54) is 0 Å². The number of hydrogen-bond acceptors (Lipinski definition) is 9. The zero-order valence-electron chi connectivity index (χ0n) is 54.1. The number of para-hydroxylation sites is 3. The second-order valence-electron chi connectivity index (χ2n) is 24.1. The van der Waals surface area contributed by atoms with Gasteiger partial charge >= 0.3 is 17.9 Å². The Morgan fingerprint density at radius 1 is 0.253 bits per heavy atom. The van der Waals surface area contributed by atoms with Crippen molar-refractivity contribution in [2.75, 3.05) is 14.7 Å². The Bertz CT molecular complexity index is 4810. The van der Waals surface area contributed by atoms with Gasteiger partial charge in [0.2, 0.25) is 0 Å². The van der Waals surface area contributed by atoms with E-state index in [2.05, 4.69) is 149 Å². The van der Waals surface area contributed by atoms with Gasteiger partial charge < -0.3 is 28.9 Å². The molecule has 0 saturated heterocycles. The summed E-state index contributed by atoms with van der Waals surface area (Å²) in [4.78, 5) is 48.7. The van der Waals surface area contributed by atoms with Gasteiger partial charge in [-0.1, -0.05) is 207 Å². The second-order valence-corrected chi connectivity index (χ2v) is 24.1. The molecule has 0 fully saturated rings. The van der Waals surface area contributed by atoms with Crippen LogP contribution in [0.5, 0.6) is 17.2 Å². The first-order chi connectivity index (χ1) is 48.8. The van der Waals surface area contributed by atoms with E-state index in [1.807, 2.05) is 200 Å². The van der Waals surface area contributed by atoms with Gasteiger partial charge in [0, 0.05) is 55.7 Å². The van der Waals surface area contributed by atoms with Crippen LogP contribution in [0, 0.1) is 0 Å². The minimum absolute atomic E-state index is 0.368. The summed E-state index contributed by atoms with van der Waals surface area (Å²) in [5, 5.41) is 6.67. The zero-order valence-corrected chi connectivity index (χ0v) is 54.1. The lowest BCUT2D eigenvalue weighted by molar-refractivity contribution is 0.0725. The van der Waals surface area contributed by atoms with Crippen molar-refractivity contribution in [3.63, 3.8) is 0 Å². The molecule has 0 radical (unpaired) electrons. The van der Waals surface area contributed by atoms with E-state index in [1.54, 1.807) is 36.4 Å². The summed E-state index contributed by atoms with van der Waals surface area (Å²) in [5.41, 5.74) is 11.7. The zero-order chi connectivity index (χ0) is 67.1. The molecular formula is C90H65N3O6. The minimum Gasteiger partial charge on any atom is -0.423 e. The normalized spacial score (nSPS) is 11.2. The number of benzene rings is 15. The molecule has 476 valence electrons. The molecule has 0 amide bonds. The molecule has 0 heterocycles. The van der Waals surface area contributed by atoms with Crippen LogP contribution in [0.25, 0.3) is 32.3 Å². The van der Waals surface area contributed by atoms with E-state index in [4.69, 9.17) is 14.2 Å². The maximum absolute atomic E-state index is 14.1.